The lowest BCUT2D eigenvalue weighted by Gasteiger charge is -2.32. The van der Waals surface area contributed by atoms with Crippen molar-refractivity contribution in [2.45, 2.75) is 39.4 Å². The highest BCUT2D eigenvalue weighted by atomic mass is 16.5. The Morgan fingerprint density at radius 2 is 1.85 bits per heavy atom. The normalized spacial score (nSPS) is 14.9. The van der Waals surface area contributed by atoms with Gasteiger partial charge in [0.1, 0.15) is 17.2 Å². The number of nitrogens with one attached hydrogen (secondary N) is 2. The van der Waals surface area contributed by atoms with E-state index in [1.54, 1.807) is 56.3 Å². The molecule has 6 nitrogen and oxygen atoms in total. The number of anilines is 2. The van der Waals surface area contributed by atoms with Gasteiger partial charge >= 0.3 is 0 Å². The van der Waals surface area contributed by atoms with Crippen molar-refractivity contribution >= 4 is 23.2 Å². The maximum absolute atomic E-state index is 12.5. The van der Waals surface area contributed by atoms with Crippen LogP contribution in [0.15, 0.2) is 42.5 Å². The van der Waals surface area contributed by atoms with Crippen molar-refractivity contribution in [2.75, 3.05) is 10.6 Å². The van der Waals surface area contributed by atoms with Crippen LogP contribution in [-0.2, 0) is 4.79 Å². The van der Waals surface area contributed by atoms with Gasteiger partial charge in [-0.3, -0.25) is 9.59 Å². The maximum Gasteiger partial charge on any atom is 0.268 e. The third kappa shape index (κ3) is 3.64. The summed E-state index contributed by atoms with van der Waals surface area (Å²) in [5.41, 5.74) is 0.480. The number of ether oxygens (including phenoxy) is 2. The zero-order valence-electron chi connectivity index (χ0n) is 15.3. The van der Waals surface area contributed by atoms with E-state index in [1.807, 2.05) is 13.8 Å². The van der Waals surface area contributed by atoms with Crippen LogP contribution in [0.4, 0.5) is 11.4 Å². The minimum atomic E-state index is -0.956. The predicted octanol–water partition coefficient (Wildman–Crippen LogP) is 3.84. The fourth-order valence-electron chi connectivity index (χ4n) is 2.59. The first-order valence-electron chi connectivity index (χ1n) is 8.48. The van der Waals surface area contributed by atoms with Crippen molar-refractivity contribution < 1.29 is 19.1 Å². The van der Waals surface area contributed by atoms with Crippen LogP contribution < -0.4 is 20.1 Å². The van der Waals surface area contributed by atoms with Crippen LogP contribution in [0.1, 0.15) is 38.1 Å². The van der Waals surface area contributed by atoms with Crippen molar-refractivity contribution in [2.24, 2.45) is 0 Å². The molecule has 26 heavy (non-hydrogen) atoms. The van der Waals surface area contributed by atoms with Crippen LogP contribution in [0.3, 0.4) is 0 Å². The Morgan fingerprint density at radius 3 is 2.50 bits per heavy atom. The molecule has 0 bridgehead atoms. The Labute approximate surface area is 152 Å². The fraction of sp³-hybridized carbons (Fsp3) is 0.300. The lowest BCUT2D eigenvalue weighted by atomic mass is 10.1. The first-order valence-corrected chi connectivity index (χ1v) is 8.48. The van der Waals surface area contributed by atoms with Gasteiger partial charge in [0.25, 0.3) is 11.8 Å². The van der Waals surface area contributed by atoms with Gasteiger partial charge in [0, 0.05) is 5.56 Å². The molecule has 0 saturated heterocycles. The molecule has 0 aliphatic carbocycles. The van der Waals surface area contributed by atoms with E-state index in [4.69, 9.17) is 9.47 Å². The third-order valence-electron chi connectivity index (χ3n) is 3.91. The molecule has 2 amide bonds. The number of carbonyl (C=O) groups excluding carboxylic acids is 2. The largest absolute Gasteiger partial charge is 0.491 e. The van der Waals surface area contributed by atoms with Crippen molar-refractivity contribution in [3.05, 3.63) is 48.0 Å². The molecule has 0 atom stereocenters. The Morgan fingerprint density at radius 1 is 1.15 bits per heavy atom. The van der Waals surface area contributed by atoms with E-state index >= 15 is 0 Å². The number of benzene rings is 2. The summed E-state index contributed by atoms with van der Waals surface area (Å²) in [6, 6.07) is 12.1. The zero-order chi connectivity index (χ0) is 18.9. The molecule has 2 aromatic rings. The van der Waals surface area contributed by atoms with E-state index in [1.165, 1.54) is 0 Å². The van der Waals surface area contributed by atoms with E-state index in [-0.39, 0.29) is 17.9 Å². The predicted molar refractivity (Wildman–Crippen MR) is 99.9 cm³/mol. The Hall–Kier alpha value is -3.02. The summed E-state index contributed by atoms with van der Waals surface area (Å²) in [6.45, 7) is 7.27. The van der Waals surface area contributed by atoms with Gasteiger partial charge in [-0.15, -0.1) is 0 Å². The molecule has 0 radical (unpaired) electrons. The summed E-state index contributed by atoms with van der Waals surface area (Å²) in [7, 11) is 0. The molecule has 136 valence electrons. The number of rotatable bonds is 4. The van der Waals surface area contributed by atoms with Crippen LogP contribution in [0.2, 0.25) is 0 Å². The average Bonchev–Trinajstić information content (AvgIpc) is 2.56. The van der Waals surface area contributed by atoms with Crippen LogP contribution >= 0.6 is 0 Å². The Kier molecular flexibility index (Phi) is 4.59. The topological polar surface area (TPSA) is 76.7 Å². The Bertz CT molecular complexity index is 841. The molecule has 0 fully saturated rings. The van der Waals surface area contributed by atoms with Gasteiger partial charge in [0.2, 0.25) is 0 Å². The first kappa shape index (κ1) is 17.8. The van der Waals surface area contributed by atoms with E-state index in [2.05, 4.69) is 10.6 Å². The average molecular weight is 354 g/mol. The number of carbonyl (C=O) groups is 2. The summed E-state index contributed by atoms with van der Waals surface area (Å²) in [6.07, 6.45) is 0.0679. The maximum atomic E-state index is 12.5. The van der Waals surface area contributed by atoms with Gasteiger partial charge < -0.3 is 20.1 Å². The summed E-state index contributed by atoms with van der Waals surface area (Å²) in [5, 5.41) is 5.63. The smallest absolute Gasteiger partial charge is 0.268 e. The molecule has 3 rings (SSSR count). The van der Waals surface area contributed by atoms with E-state index in [0.29, 0.717) is 28.4 Å². The standard InChI is InChI=1S/C20H22N2O4/c1-12(2)25-14-10-8-13(9-11-14)18(23)21-15-6-5-7-16-17(15)22-19(24)20(3,4)26-16/h5-12H,1-4H3,(H,21,23)(H,22,24). The van der Waals surface area contributed by atoms with Crippen LogP contribution in [-0.4, -0.2) is 23.5 Å². The van der Waals surface area contributed by atoms with Gasteiger partial charge in [-0.05, 0) is 64.1 Å². The fourth-order valence-corrected chi connectivity index (χ4v) is 2.59. The van der Waals surface area contributed by atoms with Crippen molar-refractivity contribution in [3.8, 4) is 11.5 Å². The second kappa shape index (κ2) is 6.71. The van der Waals surface area contributed by atoms with Crippen molar-refractivity contribution in [3.63, 3.8) is 0 Å². The number of fused-ring (bicyclic) bond motifs is 1. The van der Waals surface area contributed by atoms with Gasteiger partial charge in [-0.2, -0.15) is 0 Å². The molecule has 0 saturated carbocycles. The molecular weight excluding hydrogens is 332 g/mol. The molecule has 2 aromatic carbocycles. The highest BCUT2D eigenvalue weighted by Gasteiger charge is 2.36. The molecule has 1 aliphatic rings. The number of para-hydroxylation sites is 1. The van der Waals surface area contributed by atoms with E-state index in [9.17, 15) is 9.59 Å². The monoisotopic (exact) mass is 354 g/mol. The van der Waals surface area contributed by atoms with Gasteiger partial charge in [-0.1, -0.05) is 6.07 Å². The number of hydrogen-bond donors (Lipinski definition) is 2. The summed E-state index contributed by atoms with van der Waals surface area (Å²) in [5.74, 6) is 0.681. The quantitative estimate of drug-likeness (QED) is 0.875. The first-order chi connectivity index (χ1) is 12.3. The molecule has 0 unspecified atom stereocenters. The molecule has 1 aliphatic heterocycles. The molecule has 2 N–H and O–H groups in total. The lowest BCUT2D eigenvalue weighted by Crippen LogP contribution is -2.45. The minimum absolute atomic E-state index is 0.0679. The van der Waals surface area contributed by atoms with Crippen LogP contribution in [0, 0.1) is 0 Å². The second-order valence-electron chi connectivity index (χ2n) is 6.89. The lowest BCUT2D eigenvalue weighted by molar-refractivity contribution is -0.129. The number of hydrogen-bond acceptors (Lipinski definition) is 4. The SMILES string of the molecule is CC(C)Oc1ccc(C(=O)Nc2cccc3c2NC(=O)C(C)(C)O3)cc1. The molecule has 1 heterocycles. The minimum Gasteiger partial charge on any atom is -0.491 e. The van der Waals surface area contributed by atoms with Crippen LogP contribution in [0.25, 0.3) is 0 Å². The molecular formula is C20H22N2O4. The van der Waals surface area contributed by atoms with Crippen molar-refractivity contribution in [1.82, 2.24) is 0 Å². The van der Waals surface area contributed by atoms with Crippen molar-refractivity contribution in [1.29, 1.82) is 0 Å². The summed E-state index contributed by atoms with van der Waals surface area (Å²) < 4.78 is 11.3. The highest BCUT2D eigenvalue weighted by Crippen LogP contribution is 2.39. The highest BCUT2D eigenvalue weighted by molar-refractivity contribution is 6.09. The zero-order valence-corrected chi connectivity index (χ0v) is 15.3. The van der Waals surface area contributed by atoms with Gasteiger partial charge in [0.05, 0.1) is 11.8 Å². The molecule has 0 aromatic heterocycles. The number of amides is 2. The van der Waals surface area contributed by atoms with Crippen LogP contribution in [0.5, 0.6) is 11.5 Å². The second-order valence-corrected chi connectivity index (χ2v) is 6.89. The Balaban J connectivity index is 1.79. The summed E-state index contributed by atoms with van der Waals surface area (Å²) >= 11 is 0. The summed E-state index contributed by atoms with van der Waals surface area (Å²) in [4.78, 5) is 24.7. The molecule has 0 spiro atoms. The van der Waals surface area contributed by atoms with E-state index < -0.39 is 5.60 Å². The third-order valence-corrected chi connectivity index (χ3v) is 3.91. The molecule has 6 heteroatoms. The van der Waals surface area contributed by atoms with E-state index in [0.717, 1.165) is 0 Å². The van der Waals surface area contributed by atoms with Gasteiger partial charge in [0.15, 0.2) is 5.60 Å². The van der Waals surface area contributed by atoms with Gasteiger partial charge in [-0.25, -0.2) is 0 Å².